The summed E-state index contributed by atoms with van der Waals surface area (Å²) in [6, 6.07) is 4.74. The van der Waals surface area contributed by atoms with Crippen molar-refractivity contribution in [3.8, 4) is 0 Å². The lowest BCUT2D eigenvalue weighted by Crippen LogP contribution is -2.13. The molecule has 0 saturated heterocycles. The van der Waals surface area contributed by atoms with Crippen molar-refractivity contribution in [1.82, 2.24) is 0 Å². The Morgan fingerprint density at radius 2 is 1.94 bits per heavy atom. The summed E-state index contributed by atoms with van der Waals surface area (Å²) < 4.78 is 0.594. The van der Waals surface area contributed by atoms with Gasteiger partial charge in [-0.3, -0.25) is 4.79 Å². The Morgan fingerprint density at radius 1 is 1.29 bits per heavy atom. The van der Waals surface area contributed by atoms with Crippen molar-refractivity contribution in [3.63, 3.8) is 0 Å². The number of aliphatic carboxylic acids is 2. The zero-order valence-electron chi connectivity index (χ0n) is 8.76. The van der Waals surface area contributed by atoms with Gasteiger partial charge in [0.15, 0.2) is 6.10 Å². The van der Waals surface area contributed by atoms with Crippen molar-refractivity contribution in [2.24, 2.45) is 0 Å². The molecule has 1 unspecified atom stereocenters. The Hall–Kier alpha value is -1.40. The van der Waals surface area contributed by atoms with E-state index in [0.29, 0.717) is 10.0 Å². The largest absolute Gasteiger partial charge is 0.481 e. The number of hydrogen-bond acceptors (Lipinski definition) is 3. The van der Waals surface area contributed by atoms with E-state index in [2.05, 4.69) is 15.9 Å². The van der Waals surface area contributed by atoms with Gasteiger partial charge in [-0.2, -0.15) is 0 Å². The number of aliphatic hydroxyl groups excluding tert-OH is 1. The third-order valence-electron chi connectivity index (χ3n) is 2.27. The van der Waals surface area contributed by atoms with Crippen LogP contribution in [0.4, 0.5) is 0 Å². The smallest absolute Gasteiger partial charge is 0.337 e. The van der Waals surface area contributed by atoms with Crippen LogP contribution in [0, 0.1) is 0 Å². The Bertz CT molecular complexity index is 443. The monoisotopic (exact) mass is 302 g/mol. The molecule has 0 radical (unpaired) electrons. The molecule has 0 aromatic heterocycles. The number of hydrogen-bond donors (Lipinski definition) is 3. The van der Waals surface area contributed by atoms with Crippen LogP contribution >= 0.6 is 15.9 Å². The van der Waals surface area contributed by atoms with Gasteiger partial charge in [0, 0.05) is 10.9 Å². The van der Waals surface area contributed by atoms with Crippen molar-refractivity contribution in [3.05, 3.63) is 33.8 Å². The fourth-order valence-corrected chi connectivity index (χ4v) is 2.04. The van der Waals surface area contributed by atoms with Gasteiger partial charge in [-0.15, -0.1) is 0 Å². The van der Waals surface area contributed by atoms with E-state index in [1.54, 1.807) is 12.1 Å². The van der Waals surface area contributed by atoms with Crippen molar-refractivity contribution in [1.29, 1.82) is 0 Å². The number of aliphatic hydroxyl groups is 1. The Morgan fingerprint density at radius 3 is 2.47 bits per heavy atom. The highest BCUT2D eigenvalue weighted by molar-refractivity contribution is 9.10. The van der Waals surface area contributed by atoms with E-state index in [0.717, 1.165) is 0 Å². The first kappa shape index (κ1) is 13.7. The Labute approximate surface area is 106 Å². The topological polar surface area (TPSA) is 94.8 Å². The lowest BCUT2D eigenvalue weighted by molar-refractivity contribution is -0.147. The molecule has 0 bridgehead atoms. The molecular weight excluding hydrogens is 292 g/mol. The molecule has 0 amide bonds. The summed E-state index contributed by atoms with van der Waals surface area (Å²) in [6.07, 6.45) is -1.60. The quantitative estimate of drug-likeness (QED) is 0.767. The first-order chi connectivity index (χ1) is 7.93. The summed E-state index contributed by atoms with van der Waals surface area (Å²) in [5, 5.41) is 26.9. The normalized spacial score (nSPS) is 12.1. The van der Waals surface area contributed by atoms with Gasteiger partial charge in [-0.25, -0.2) is 4.79 Å². The van der Waals surface area contributed by atoms with Crippen LogP contribution in [0.2, 0.25) is 0 Å². The Balaban J connectivity index is 3.07. The Kier molecular flexibility index (Phi) is 4.65. The maximum atomic E-state index is 10.7. The van der Waals surface area contributed by atoms with Crippen LogP contribution in [-0.2, 0) is 16.0 Å². The first-order valence-electron chi connectivity index (χ1n) is 4.83. The molecule has 0 aliphatic rings. The van der Waals surface area contributed by atoms with Crippen LogP contribution in [0.3, 0.4) is 0 Å². The predicted octanol–water partition coefficient (Wildman–Crippen LogP) is 1.58. The van der Waals surface area contributed by atoms with Crippen LogP contribution in [0.25, 0.3) is 0 Å². The second kappa shape index (κ2) is 5.79. The molecule has 1 aromatic rings. The van der Waals surface area contributed by atoms with Gasteiger partial charge in [0.2, 0.25) is 0 Å². The molecule has 0 aliphatic carbocycles. The van der Waals surface area contributed by atoms with E-state index < -0.39 is 18.0 Å². The molecule has 0 fully saturated rings. The van der Waals surface area contributed by atoms with Crippen LogP contribution in [0.15, 0.2) is 22.7 Å². The third-order valence-corrected chi connectivity index (χ3v) is 3.02. The second-order valence-electron chi connectivity index (χ2n) is 3.44. The third kappa shape index (κ3) is 3.54. The predicted molar refractivity (Wildman–Crippen MR) is 62.7 cm³/mol. The minimum Gasteiger partial charge on any atom is -0.481 e. The van der Waals surface area contributed by atoms with Gasteiger partial charge in [-0.1, -0.05) is 28.1 Å². The minimum atomic E-state index is -1.64. The molecule has 0 heterocycles. The van der Waals surface area contributed by atoms with Gasteiger partial charge in [-0.05, 0) is 23.6 Å². The van der Waals surface area contributed by atoms with Gasteiger partial charge in [0.1, 0.15) is 0 Å². The number of benzene rings is 1. The molecule has 17 heavy (non-hydrogen) atoms. The fraction of sp³-hybridized carbons (Fsp3) is 0.273. The van der Waals surface area contributed by atoms with E-state index in [1.165, 1.54) is 6.07 Å². The van der Waals surface area contributed by atoms with Crippen LogP contribution in [0.1, 0.15) is 23.7 Å². The van der Waals surface area contributed by atoms with Gasteiger partial charge >= 0.3 is 11.9 Å². The van der Waals surface area contributed by atoms with Crippen LogP contribution in [-0.4, -0.2) is 27.3 Å². The van der Waals surface area contributed by atoms with E-state index in [1.807, 2.05) is 0 Å². The maximum absolute atomic E-state index is 10.7. The number of carboxylic acids is 2. The summed E-state index contributed by atoms with van der Waals surface area (Å²) >= 11 is 3.22. The molecule has 5 nitrogen and oxygen atoms in total. The average molecular weight is 303 g/mol. The summed E-state index contributed by atoms with van der Waals surface area (Å²) in [5.74, 6) is -2.34. The molecule has 3 N–H and O–H groups in total. The number of carbonyl (C=O) groups is 2. The number of halogens is 1. The van der Waals surface area contributed by atoms with Crippen LogP contribution < -0.4 is 0 Å². The fourth-order valence-electron chi connectivity index (χ4n) is 1.46. The summed E-state index contributed by atoms with van der Waals surface area (Å²) in [7, 11) is 0. The molecule has 6 heteroatoms. The highest BCUT2D eigenvalue weighted by Gasteiger charge is 2.20. The van der Waals surface area contributed by atoms with Gasteiger partial charge in [0.05, 0.1) is 0 Å². The maximum Gasteiger partial charge on any atom is 0.337 e. The van der Waals surface area contributed by atoms with Gasteiger partial charge < -0.3 is 15.3 Å². The van der Waals surface area contributed by atoms with Crippen LogP contribution in [0.5, 0.6) is 0 Å². The van der Waals surface area contributed by atoms with Crippen molar-refractivity contribution in [2.45, 2.75) is 18.9 Å². The second-order valence-corrected chi connectivity index (χ2v) is 4.30. The van der Waals surface area contributed by atoms with Crippen molar-refractivity contribution < 1.29 is 24.9 Å². The zero-order valence-corrected chi connectivity index (χ0v) is 10.3. The molecule has 92 valence electrons. The van der Waals surface area contributed by atoms with Crippen molar-refractivity contribution >= 4 is 27.9 Å². The van der Waals surface area contributed by atoms with E-state index in [4.69, 9.17) is 10.2 Å². The molecule has 0 saturated carbocycles. The SMILES string of the molecule is O=C(O)CCc1c(Br)cccc1C(O)C(=O)O. The molecule has 1 atom stereocenters. The molecule has 1 aromatic carbocycles. The first-order valence-corrected chi connectivity index (χ1v) is 5.62. The molecule has 0 spiro atoms. The van der Waals surface area contributed by atoms with Gasteiger partial charge in [0.25, 0.3) is 0 Å². The lowest BCUT2D eigenvalue weighted by Gasteiger charge is -2.13. The highest BCUT2D eigenvalue weighted by Crippen LogP contribution is 2.27. The molecule has 1 rings (SSSR count). The highest BCUT2D eigenvalue weighted by atomic mass is 79.9. The summed E-state index contributed by atoms with van der Waals surface area (Å²) in [6.45, 7) is 0. The standard InChI is InChI=1S/C11H11BrO5/c12-8-3-1-2-7(10(15)11(16)17)6(8)4-5-9(13)14/h1-3,10,15H,4-5H2,(H,13,14)(H,16,17). The molecular formula is C11H11BrO5. The zero-order chi connectivity index (χ0) is 13.0. The number of carboxylic acid groups (broad SMARTS) is 2. The lowest BCUT2D eigenvalue weighted by atomic mass is 9.99. The summed E-state index contributed by atoms with van der Waals surface area (Å²) in [5.41, 5.74) is 0.720. The van der Waals surface area contributed by atoms with Crippen molar-refractivity contribution in [2.75, 3.05) is 0 Å². The number of rotatable bonds is 5. The van der Waals surface area contributed by atoms with E-state index >= 15 is 0 Å². The minimum absolute atomic E-state index is 0.123. The molecule has 0 aliphatic heterocycles. The van der Waals surface area contributed by atoms with E-state index in [-0.39, 0.29) is 18.4 Å². The summed E-state index contributed by atoms with van der Waals surface area (Å²) in [4.78, 5) is 21.2. The van der Waals surface area contributed by atoms with E-state index in [9.17, 15) is 14.7 Å². The average Bonchev–Trinajstić information content (AvgIpc) is 2.25.